The van der Waals surface area contributed by atoms with Crippen LogP contribution in [0, 0.1) is 0 Å². The Morgan fingerprint density at radius 2 is 1.58 bits per heavy atom. The number of hydrogen-bond donors (Lipinski definition) is 0. The zero-order valence-corrected chi connectivity index (χ0v) is 15.9. The maximum absolute atomic E-state index is 12.6. The number of rotatable bonds is 6. The number of benzene rings is 2. The van der Waals surface area contributed by atoms with Crippen molar-refractivity contribution in [2.45, 2.75) is 38.4 Å². The van der Waals surface area contributed by atoms with E-state index in [0.717, 1.165) is 0 Å². The maximum Gasteiger partial charge on any atom is 0.350 e. The minimum Gasteiger partial charge on any atom is -0.476 e. The van der Waals surface area contributed by atoms with Crippen LogP contribution in [-0.2, 0) is 9.53 Å². The fourth-order valence-corrected chi connectivity index (χ4v) is 3.11. The summed E-state index contributed by atoms with van der Waals surface area (Å²) in [7, 11) is 0. The number of carbonyl (C=O) groups excluding carboxylic acids is 2. The Balaban J connectivity index is 1.75. The predicted molar refractivity (Wildman–Crippen MR) is 100 cm³/mol. The number of esters is 1. The average molecular weight is 393 g/mol. The molecule has 1 fully saturated rings. The highest BCUT2D eigenvalue weighted by Gasteiger charge is 2.54. The highest BCUT2D eigenvalue weighted by atomic mass is 35.5. The lowest BCUT2D eigenvalue weighted by Crippen LogP contribution is -2.33. The minimum atomic E-state index is -0.901. The van der Waals surface area contributed by atoms with Crippen molar-refractivity contribution in [2.24, 2.45) is 0 Å². The van der Waals surface area contributed by atoms with Crippen LogP contribution in [0.15, 0.2) is 42.5 Å². The van der Waals surface area contributed by atoms with Gasteiger partial charge < -0.3 is 9.47 Å². The third-order valence-corrected chi connectivity index (χ3v) is 4.67. The highest BCUT2D eigenvalue weighted by Crippen LogP contribution is 2.41. The SMILES string of the molecule is CC(C)OC(=O)C1(Oc2ccc(C(=O)c3c(Cl)cccc3Cl)cc2)CC1. The molecule has 0 heterocycles. The Bertz CT molecular complexity index is 819. The molecule has 1 aliphatic rings. The number of hydrogen-bond acceptors (Lipinski definition) is 4. The van der Waals surface area contributed by atoms with Crippen molar-refractivity contribution in [2.75, 3.05) is 0 Å². The molecular weight excluding hydrogens is 375 g/mol. The van der Waals surface area contributed by atoms with E-state index in [4.69, 9.17) is 32.7 Å². The molecule has 0 amide bonds. The molecule has 26 heavy (non-hydrogen) atoms. The Hall–Kier alpha value is -2.04. The van der Waals surface area contributed by atoms with Gasteiger partial charge in [-0.15, -0.1) is 0 Å². The lowest BCUT2D eigenvalue weighted by atomic mass is 10.0. The van der Waals surface area contributed by atoms with E-state index in [1.165, 1.54) is 0 Å². The van der Waals surface area contributed by atoms with Crippen molar-refractivity contribution in [1.82, 2.24) is 0 Å². The van der Waals surface area contributed by atoms with E-state index >= 15 is 0 Å². The summed E-state index contributed by atoms with van der Waals surface area (Å²) in [5.41, 5.74) is -0.201. The first-order valence-electron chi connectivity index (χ1n) is 8.31. The second-order valence-corrected chi connectivity index (χ2v) is 7.31. The van der Waals surface area contributed by atoms with E-state index in [-0.39, 0.29) is 23.4 Å². The summed E-state index contributed by atoms with van der Waals surface area (Å²) in [5, 5.41) is 0.604. The lowest BCUT2D eigenvalue weighted by molar-refractivity contribution is -0.158. The van der Waals surface area contributed by atoms with Crippen molar-refractivity contribution in [1.29, 1.82) is 0 Å². The van der Waals surface area contributed by atoms with Gasteiger partial charge in [-0.05, 0) is 50.2 Å². The van der Waals surface area contributed by atoms with E-state index in [1.807, 2.05) is 0 Å². The standard InChI is InChI=1S/C20H18Cl2O4/c1-12(2)25-19(24)20(10-11-20)26-14-8-6-13(7-9-14)18(23)17-15(21)4-3-5-16(17)22/h3-9,12H,10-11H2,1-2H3. The monoisotopic (exact) mass is 392 g/mol. The molecule has 6 heteroatoms. The Labute approximate surface area is 162 Å². The normalized spacial score (nSPS) is 14.8. The van der Waals surface area contributed by atoms with Crippen LogP contribution in [-0.4, -0.2) is 23.5 Å². The topological polar surface area (TPSA) is 52.6 Å². The third-order valence-electron chi connectivity index (χ3n) is 4.04. The molecule has 0 atom stereocenters. The van der Waals surface area contributed by atoms with Gasteiger partial charge in [-0.25, -0.2) is 4.79 Å². The molecule has 0 radical (unpaired) electrons. The molecule has 0 aromatic heterocycles. The smallest absolute Gasteiger partial charge is 0.350 e. The maximum atomic E-state index is 12.6. The molecule has 136 valence electrons. The lowest BCUT2D eigenvalue weighted by Gasteiger charge is -2.18. The van der Waals surface area contributed by atoms with Gasteiger partial charge in [-0.1, -0.05) is 29.3 Å². The minimum absolute atomic E-state index is 0.191. The van der Waals surface area contributed by atoms with E-state index < -0.39 is 5.60 Å². The van der Waals surface area contributed by atoms with Crippen LogP contribution in [0.4, 0.5) is 0 Å². The van der Waals surface area contributed by atoms with Crippen LogP contribution in [0.1, 0.15) is 42.6 Å². The van der Waals surface area contributed by atoms with Crippen LogP contribution in [0.3, 0.4) is 0 Å². The van der Waals surface area contributed by atoms with Crippen molar-refractivity contribution < 1.29 is 19.1 Å². The highest BCUT2D eigenvalue weighted by molar-refractivity contribution is 6.41. The zero-order valence-electron chi connectivity index (χ0n) is 14.4. The van der Waals surface area contributed by atoms with E-state index in [1.54, 1.807) is 56.3 Å². The third kappa shape index (κ3) is 3.87. The van der Waals surface area contributed by atoms with Gasteiger partial charge in [0.25, 0.3) is 0 Å². The quantitative estimate of drug-likeness (QED) is 0.507. The molecule has 4 nitrogen and oxygen atoms in total. The van der Waals surface area contributed by atoms with Gasteiger partial charge in [-0.3, -0.25) is 4.79 Å². The first-order chi connectivity index (χ1) is 12.3. The van der Waals surface area contributed by atoms with Gasteiger partial charge >= 0.3 is 5.97 Å². The Morgan fingerprint density at radius 1 is 1.00 bits per heavy atom. The largest absolute Gasteiger partial charge is 0.476 e. The fourth-order valence-electron chi connectivity index (χ4n) is 2.54. The number of halogens is 2. The molecule has 2 aromatic carbocycles. The summed E-state index contributed by atoms with van der Waals surface area (Å²) in [6.45, 7) is 3.60. The molecule has 3 rings (SSSR count). The summed E-state index contributed by atoms with van der Waals surface area (Å²) < 4.78 is 11.1. The van der Waals surface area contributed by atoms with Gasteiger partial charge in [0.2, 0.25) is 5.60 Å². The molecule has 0 aliphatic heterocycles. The Morgan fingerprint density at radius 3 is 2.08 bits per heavy atom. The molecule has 0 spiro atoms. The predicted octanol–water partition coefficient (Wildman–Crippen LogP) is 5.09. The first kappa shape index (κ1) is 18.7. The van der Waals surface area contributed by atoms with Crippen LogP contribution >= 0.6 is 23.2 Å². The van der Waals surface area contributed by atoms with Gasteiger partial charge in [0.15, 0.2) is 5.78 Å². The molecule has 0 N–H and O–H groups in total. The second-order valence-electron chi connectivity index (χ2n) is 6.50. The van der Waals surface area contributed by atoms with Crippen LogP contribution in [0.5, 0.6) is 5.75 Å². The van der Waals surface area contributed by atoms with Crippen LogP contribution < -0.4 is 4.74 Å². The van der Waals surface area contributed by atoms with Crippen molar-refractivity contribution in [3.63, 3.8) is 0 Å². The fraction of sp³-hybridized carbons (Fsp3) is 0.300. The van der Waals surface area contributed by atoms with Gasteiger partial charge in [0.05, 0.1) is 21.7 Å². The molecule has 1 saturated carbocycles. The summed E-state index contributed by atoms with van der Waals surface area (Å²) in [5.74, 6) is -0.118. The van der Waals surface area contributed by atoms with Gasteiger partial charge in [-0.2, -0.15) is 0 Å². The number of ether oxygens (including phenoxy) is 2. The molecule has 1 aliphatic carbocycles. The summed E-state index contributed by atoms with van der Waals surface area (Å²) in [4.78, 5) is 24.8. The number of carbonyl (C=O) groups is 2. The first-order valence-corrected chi connectivity index (χ1v) is 9.07. The summed E-state index contributed by atoms with van der Waals surface area (Å²) in [6.07, 6.45) is 1.05. The second kappa shape index (κ2) is 7.29. The van der Waals surface area contributed by atoms with Crippen LogP contribution in [0.2, 0.25) is 10.0 Å². The van der Waals surface area contributed by atoms with Crippen LogP contribution in [0.25, 0.3) is 0 Å². The van der Waals surface area contributed by atoms with E-state index in [9.17, 15) is 9.59 Å². The average Bonchev–Trinajstić information content (AvgIpc) is 3.35. The molecule has 2 aromatic rings. The van der Waals surface area contributed by atoms with Crippen molar-refractivity contribution >= 4 is 35.0 Å². The molecule has 0 saturated heterocycles. The number of ketones is 1. The molecule has 0 bridgehead atoms. The summed E-state index contributed by atoms with van der Waals surface area (Å²) in [6, 6.07) is 11.5. The van der Waals surface area contributed by atoms with Crippen molar-refractivity contribution in [3.8, 4) is 5.75 Å². The van der Waals surface area contributed by atoms with Gasteiger partial charge in [0, 0.05) is 18.4 Å². The van der Waals surface area contributed by atoms with Gasteiger partial charge in [0.1, 0.15) is 5.75 Å². The summed E-state index contributed by atoms with van der Waals surface area (Å²) >= 11 is 12.2. The molecule has 0 unspecified atom stereocenters. The van der Waals surface area contributed by atoms with Crippen molar-refractivity contribution in [3.05, 3.63) is 63.6 Å². The molecular formula is C20H18Cl2O4. The zero-order chi connectivity index (χ0) is 18.9. The van der Waals surface area contributed by atoms with E-state index in [2.05, 4.69) is 0 Å². The Kier molecular flexibility index (Phi) is 5.26. The van der Waals surface area contributed by atoms with E-state index in [0.29, 0.717) is 34.2 Å².